The van der Waals surface area contributed by atoms with E-state index in [9.17, 15) is 0 Å². The van der Waals surface area contributed by atoms with E-state index in [0.29, 0.717) is 5.69 Å². The summed E-state index contributed by atoms with van der Waals surface area (Å²) in [6.45, 7) is 6.11. The van der Waals surface area contributed by atoms with Crippen molar-refractivity contribution in [3.8, 4) is 5.75 Å². The van der Waals surface area contributed by atoms with E-state index in [4.69, 9.17) is 10.5 Å². The second kappa shape index (κ2) is 6.85. The fourth-order valence-corrected chi connectivity index (χ4v) is 2.51. The molecule has 0 radical (unpaired) electrons. The monoisotopic (exact) mass is 348 g/mol. The van der Waals surface area contributed by atoms with Crippen molar-refractivity contribution in [3.63, 3.8) is 0 Å². The highest BCUT2D eigenvalue weighted by Gasteiger charge is 2.09. The molecule has 0 bridgehead atoms. The van der Waals surface area contributed by atoms with Gasteiger partial charge in [-0.05, 0) is 50.6 Å². The van der Waals surface area contributed by atoms with Gasteiger partial charge in [0.2, 0.25) is 0 Å². The fraction of sp³-hybridized carbons (Fsp3) is 0.294. The number of halogens is 1. The first-order valence-corrected chi connectivity index (χ1v) is 7.83. The Hall–Kier alpha value is -1.68. The molecule has 1 unspecified atom stereocenters. The van der Waals surface area contributed by atoms with Crippen molar-refractivity contribution in [3.05, 3.63) is 52.5 Å². The van der Waals surface area contributed by atoms with Gasteiger partial charge in [0.25, 0.3) is 0 Å². The van der Waals surface area contributed by atoms with Gasteiger partial charge in [-0.2, -0.15) is 0 Å². The lowest BCUT2D eigenvalue weighted by Gasteiger charge is -2.18. The van der Waals surface area contributed by atoms with Gasteiger partial charge in [0.05, 0.1) is 11.8 Å². The Morgan fingerprint density at radius 3 is 2.52 bits per heavy atom. The molecular weight excluding hydrogens is 328 g/mol. The van der Waals surface area contributed by atoms with E-state index in [1.807, 2.05) is 44.2 Å². The molecule has 3 N–H and O–H groups in total. The highest BCUT2D eigenvalue weighted by molar-refractivity contribution is 9.10. The average molecular weight is 349 g/mol. The summed E-state index contributed by atoms with van der Waals surface area (Å²) >= 11 is 3.50. The first kappa shape index (κ1) is 15.7. The van der Waals surface area contributed by atoms with E-state index in [1.165, 1.54) is 5.56 Å². The van der Waals surface area contributed by atoms with Crippen LogP contribution in [-0.2, 0) is 0 Å². The number of anilines is 2. The Bertz CT molecular complexity index is 613. The topological polar surface area (TPSA) is 47.3 Å². The van der Waals surface area contributed by atoms with Gasteiger partial charge in [-0.1, -0.05) is 28.1 Å². The van der Waals surface area contributed by atoms with Crippen LogP contribution in [0, 0.1) is 0 Å². The number of nitrogens with two attached hydrogens (primary N) is 1. The molecule has 0 aliphatic carbocycles. The predicted octanol–water partition coefficient (Wildman–Crippen LogP) is 4.99. The van der Waals surface area contributed by atoms with Gasteiger partial charge in [-0.15, -0.1) is 0 Å². The Kier molecular flexibility index (Phi) is 5.12. The molecule has 0 aliphatic rings. The molecule has 0 amide bonds. The van der Waals surface area contributed by atoms with Crippen molar-refractivity contribution >= 4 is 27.3 Å². The van der Waals surface area contributed by atoms with Crippen LogP contribution < -0.4 is 15.8 Å². The zero-order chi connectivity index (χ0) is 15.4. The summed E-state index contributed by atoms with van der Waals surface area (Å²) in [5.41, 5.74) is 8.81. The van der Waals surface area contributed by atoms with Gasteiger partial charge < -0.3 is 15.8 Å². The van der Waals surface area contributed by atoms with Gasteiger partial charge in [0.1, 0.15) is 5.75 Å². The number of benzene rings is 2. The molecule has 0 aliphatic heterocycles. The lowest BCUT2D eigenvalue weighted by Crippen LogP contribution is -2.09. The third-order valence-electron chi connectivity index (χ3n) is 3.11. The maximum atomic E-state index is 5.94. The first-order valence-electron chi connectivity index (χ1n) is 7.04. The average Bonchev–Trinajstić information content (AvgIpc) is 2.42. The smallest absolute Gasteiger partial charge is 0.144 e. The van der Waals surface area contributed by atoms with Gasteiger partial charge >= 0.3 is 0 Å². The van der Waals surface area contributed by atoms with E-state index in [2.05, 4.69) is 40.3 Å². The third-order valence-corrected chi connectivity index (χ3v) is 3.60. The molecule has 2 rings (SSSR count). The molecule has 2 aromatic carbocycles. The highest BCUT2D eigenvalue weighted by atomic mass is 79.9. The molecular formula is C17H21BrN2O. The van der Waals surface area contributed by atoms with Crippen molar-refractivity contribution in [2.24, 2.45) is 0 Å². The standard InChI is InChI=1S/C17H21BrN2O/c1-11(2)21-17-10-15(7-8-16(17)19)20-12(3)13-5-4-6-14(18)9-13/h4-12,20H,19H2,1-3H3. The van der Waals surface area contributed by atoms with Crippen LogP contribution in [0.3, 0.4) is 0 Å². The Labute approximate surface area is 134 Å². The second-order valence-electron chi connectivity index (χ2n) is 5.34. The van der Waals surface area contributed by atoms with Crippen LogP contribution in [-0.4, -0.2) is 6.10 Å². The molecule has 3 nitrogen and oxygen atoms in total. The van der Waals surface area contributed by atoms with E-state index >= 15 is 0 Å². The summed E-state index contributed by atoms with van der Waals surface area (Å²) in [5.74, 6) is 0.719. The van der Waals surface area contributed by atoms with Gasteiger partial charge in [-0.25, -0.2) is 0 Å². The second-order valence-corrected chi connectivity index (χ2v) is 6.26. The summed E-state index contributed by atoms with van der Waals surface area (Å²) < 4.78 is 6.80. The molecule has 0 heterocycles. The van der Waals surface area contributed by atoms with Crippen LogP contribution in [0.4, 0.5) is 11.4 Å². The van der Waals surface area contributed by atoms with Crippen molar-refractivity contribution in [1.82, 2.24) is 0 Å². The van der Waals surface area contributed by atoms with Crippen molar-refractivity contribution < 1.29 is 4.74 Å². The molecule has 0 aromatic heterocycles. The summed E-state index contributed by atoms with van der Waals surface area (Å²) in [7, 11) is 0. The van der Waals surface area contributed by atoms with Gasteiger partial charge in [0, 0.05) is 22.3 Å². The number of hydrogen-bond acceptors (Lipinski definition) is 3. The number of nitrogens with one attached hydrogen (secondary N) is 1. The van der Waals surface area contributed by atoms with Crippen molar-refractivity contribution in [1.29, 1.82) is 0 Å². The fourth-order valence-electron chi connectivity index (χ4n) is 2.09. The Morgan fingerprint density at radius 2 is 1.86 bits per heavy atom. The molecule has 4 heteroatoms. The van der Waals surface area contributed by atoms with Crippen LogP contribution >= 0.6 is 15.9 Å². The molecule has 1 atom stereocenters. The molecule has 0 saturated heterocycles. The van der Waals surface area contributed by atoms with Crippen molar-refractivity contribution in [2.75, 3.05) is 11.1 Å². The SMILES string of the molecule is CC(C)Oc1cc(NC(C)c2cccc(Br)c2)ccc1N. The molecule has 2 aromatic rings. The summed E-state index contributed by atoms with van der Waals surface area (Å²) in [5, 5.41) is 3.47. The maximum absolute atomic E-state index is 5.94. The van der Waals surface area contributed by atoms with Gasteiger partial charge in [-0.3, -0.25) is 0 Å². The Morgan fingerprint density at radius 1 is 1.10 bits per heavy atom. The van der Waals surface area contributed by atoms with E-state index in [1.54, 1.807) is 0 Å². The van der Waals surface area contributed by atoms with Crippen molar-refractivity contribution in [2.45, 2.75) is 32.9 Å². The van der Waals surface area contributed by atoms with Crippen LogP contribution in [0.5, 0.6) is 5.75 Å². The number of rotatable bonds is 5. The van der Waals surface area contributed by atoms with E-state index < -0.39 is 0 Å². The summed E-state index contributed by atoms with van der Waals surface area (Å²) in [6, 6.07) is 14.3. The van der Waals surface area contributed by atoms with Crippen LogP contribution in [0.1, 0.15) is 32.4 Å². The molecule has 112 valence electrons. The molecule has 0 fully saturated rings. The quantitative estimate of drug-likeness (QED) is 0.748. The molecule has 21 heavy (non-hydrogen) atoms. The van der Waals surface area contributed by atoms with Crippen LogP contribution in [0.2, 0.25) is 0 Å². The number of ether oxygens (including phenoxy) is 1. The van der Waals surface area contributed by atoms with E-state index in [-0.39, 0.29) is 12.1 Å². The van der Waals surface area contributed by atoms with Crippen LogP contribution in [0.25, 0.3) is 0 Å². The Balaban J connectivity index is 2.15. The summed E-state index contributed by atoms with van der Waals surface area (Å²) in [4.78, 5) is 0. The van der Waals surface area contributed by atoms with Crippen LogP contribution in [0.15, 0.2) is 46.9 Å². The lowest BCUT2D eigenvalue weighted by atomic mass is 10.1. The minimum atomic E-state index is 0.102. The number of hydrogen-bond donors (Lipinski definition) is 2. The van der Waals surface area contributed by atoms with Gasteiger partial charge in [0.15, 0.2) is 0 Å². The summed E-state index contributed by atoms with van der Waals surface area (Å²) in [6.07, 6.45) is 0.102. The predicted molar refractivity (Wildman–Crippen MR) is 92.8 cm³/mol. The zero-order valence-electron chi connectivity index (χ0n) is 12.6. The molecule has 0 spiro atoms. The minimum absolute atomic E-state index is 0.102. The largest absolute Gasteiger partial charge is 0.489 e. The normalized spacial score (nSPS) is 12.2. The van der Waals surface area contributed by atoms with E-state index in [0.717, 1.165) is 15.9 Å². The number of nitrogen functional groups attached to an aromatic ring is 1. The molecule has 0 saturated carbocycles. The minimum Gasteiger partial charge on any atom is -0.489 e. The highest BCUT2D eigenvalue weighted by Crippen LogP contribution is 2.29. The maximum Gasteiger partial charge on any atom is 0.144 e. The lowest BCUT2D eigenvalue weighted by molar-refractivity contribution is 0.244. The first-order chi connectivity index (χ1) is 9.95. The third kappa shape index (κ3) is 4.39. The zero-order valence-corrected chi connectivity index (χ0v) is 14.1.